The molecule has 0 bridgehead atoms. The molecular formula is C19H17FN4O. The monoisotopic (exact) mass is 336 g/mol. The standard InChI is InChI=1S/C19H17FN4O/c20-17-9-5-4-8-15(17)10-18(25)23-11-16(12-23)24-13-21-22-19(24)14-6-2-1-3-7-14/h1-9,13,16H,10-12H2. The highest BCUT2D eigenvalue weighted by Gasteiger charge is 2.33. The Morgan fingerprint density at radius 1 is 1.08 bits per heavy atom. The molecule has 0 unspecified atom stereocenters. The fraction of sp³-hybridized carbons (Fsp3) is 0.211. The van der Waals surface area contributed by atoms with E-state index < -0.39 is 0 Å². The maximum Gasteiger partial charge on any atom is 0.227 e. The smallest absolute Gasteiger partial charge is 0.227 e. The van der Waals surface area contributed by atoms with Crippen LogP contribution >= 0.6 is 0 Å². The molecular weight excluding hydrogens is 319 g/mol. The van der Waals surface area contributed by atoms with Crippen LogP contribution in [-0.4, -0.2) is 38.7 Å². The zero-order valence-corrected chi connectivity index (χ0v) is 13.5. The molecule has 2 heterocycles. The number of halogens is 1. The zero-order valence-electron chi connectivity index (χ0n) is 13.5. The van der Waals surface area contributed by atoms with E-state index in [0.717, 1.165) is 11.4 Å². The molecule has 4 rings (SSSR count). The zero-order chi connectivity index (χ0) is 17.2. The number of carbonyl (C=O) groups excluding carboxylic acids is 1. The fourth-order valence-corrected chi connectivity index (χ4v) is 3.06. The van der Waals surface area contributed by atoms with Gasteiger partial charge in [0, 0.05) is 18.7 Å². The first-order chi connectivity index (χ1) is 12.2. The normalized spacial score (nSPS) is 14.4. The van der Waals surface area contributed by atoms with Crippen molar-refractivity contribution in [2.24, 2.45) is 0 Å². The number of hydrogen-bond acceptors (Lipinski definition) is 3. The average molecular weight is 336 g/mol. The molecule has 1 saturated heterocycles. The second kappa shape index (κ2) is 6.47. The fourth-order valence-electron chi connectivity index (χ4n) is 3.06. The van der Waals surface area contributed by atoms with E-state index in [1.807, 2.05) is 34.9 Å². The molecule has 0 spiro atoms. The van der Waals surface area contributed by atoms with Gasteiger partial charge in [0.15, 0.2) is 5.82 Å². The van der Waals surface area contributed by atoms with Crippen molar-refractivity contribution >= 4 is 5.91 Å². The summed E-state index contributed by atoms with van der Waals surface area (Å²) in [5.41, 5.74) is 1.43. The van der Waals surface area contributed by atoms with Gasteiger partial charge < -0.3 is 9.47 Å². The van der Waals surface area contributed by atoms with Crippen molar-refractivity contribution in [3.05, 3.63) is 72.3 Å². The van der Waals surface area contributed by atoms with Crippen LogP contribution in [0, 0.1) is 5.82 Å². The van der Waals surface area contributed by atoms with Crippen LogP contribution in [0.4, 0.5) is 4.39 Å². The molecule has 126 valence electrons. The Kier molecular flexibility index (Phi) is 4.01. The van der Waals surface area contributed by atoms with Crippen LogP contribution in [0.5, 0.6) is 0 Å². The molecule has 0 aliphatic carbocycles. The Morgan fingerprint density at radius 2 is 1.80 bits per heavy atom. The van der Waals surface area contributed by atoms with E-state index in [-0.39, 0.29) is 24.2 Å². The Balaban J connectivity index is 1.42. The third-order valence-corrected chi connectivity index (χ3v) is 4.51. The van der Waals surface area contributed by atoms with Gasteiger partial charge in [-0.2, -0.15) is 0 Å². The van der Waals surface area contributed by atoms with Gasteiger partial charge in [-0.1, -0.05) is 48.5 Å². The molecule has 0 saturated carbocycles. The number of amides is 1. The van der Waals surface area contributed by atoms with Crippen molar-refractivity contribution in [3.8, 4) is 11.4 Å². The SMILES string of the molecule is O=C(Cc1ccccc1F)N1CC(n2cnnc2-c2ccccc2)C1. The van der Waals surface area contributed by atoms with Crippen molar-refractivity contribution in [2.45, 2.75) is 12.5 Å². The van der Waals surface area contributed by atoms with Crippen LogP contribution in [0.2, 0.25) is 0 Å². The van der Waals surface area contributed by atoms with E-state index in [1.54, 1.807) is 29.4 Å². The quantitative estimate of drug-likeness (QED) is 0.736. The van der Waals surface area contributed by atoms with Gasteiger partial charge in [0.25, 0.3) is 0 Å². The van der Waals surface area contributed by atoms with Gasteiger partial charge in [-0.25, -0.2) is 4.39 Å². The van der Waals surface area contributed by atoms with E-state index in [4.69, 9.17) is 0 Å². The molecule has 0 radical (unpaired) electrons. The second-order valence-electron chi connectivity index (χ2n) is 6.15. The summed E-state index contributed by atoms with van der Waals surface area (Å²) >= 11 is 0. The lowest BCUT2D eigenvalue weighted by molar-refractivity contribution is -0.136. The van der Waals surface area contributed by atoms with Crippen LogP contribution in [0.1, 0.15) is 11.6 Å². The average Bonchev–Trinajstić information content (AvgIpc) is 3.06. The summed E-state index contributed by atoms with van der Waals surface area (Å²) < 4.78 is 15.7. The summed E-state index contributed by atoms with van der Waals surface area (Å²) in [5, 5.41) is 8.21. The summed E-state index contributed by atoms with van der Waals surface area (Å²) in [4.78, 5) is 14.1. The van der Waals surface area contributed by atoms with E-state index in [2.05, 4.69) is 10.2 Å². The van der Waals surface area contributed by atoms with Crippen molar-refractivity contribution < 1.29 is 9.18 Å². The van der Waals surface area contributed by atoms with Gasteiger partial charge in [0.1, 0.15) is 12.1 Å². The minimum absolute atomic E-state index is 0.0596. The van der Waals surface area contributed by atoms with E-state index in [1.165, 1.54) is 6.07 Å². The van der Waals surface area contributed by atoms with Gasteiger partial charge in [-0.05, 0) is 11.6 Å². The van der Waals surface area contributed by atoms with Crippen LogP contribution in [0.15, 0.2) is 60.9 Å². The lowest BCUT2D eigenvalue weighted by Crippen LogP contribution is -2.51. The summed E-state index contributed by atoms with van der Waals surface area (Å²) in [7, 11) is 0. The lowest BCUT2D eigenvalue weighted by Gasteiger charge is -2.40. The van der Waals surface area contributed by atoms with Crippen LogP contribution in [0.3, 0.4) is 0 Å². The molecule has 1 amide bonds. The van der Waals surface area contributed by atoms with E-state index in [9.17, 15) is 9.18 Å². The number of aromatic nitrogens is 3. The number of nitrogens with zero attached hydrogens (tertiary/aromatic N) is 4. The number of carbonyl (C=O) groups is 1. The number of rotatable bonds is 4. The molecule has 0 N–H and O–H groups in total. The Hall–Kier alpha value is -3.02. The highest BCUT2D eigenvalue weighted by molar-refractivity contribution is 5.79. The highest BCUT2D eigenvalue weighted by atomic mass is 19.1. The van der Waals surface area contributed by atoms with Crippen LogP contribution < -0.4 is 0 Å². The van der Waals surface area contributed by atoms with Crippen molar-refractivity contribution in [2.75, 3.05) is 13.1 Å². The number of benzene rings is 2. The van der Waals surface area contributed by atoms with Gasteiger partial charge in [0.05, 0.1) is 12.5 Å². The summed E-state index contributed by atoms with van der Waals surface area (Å²) in [6.07, 6.45) is 1.79. The van der Waals surface area contributed by atoms with Gasteiger partial charge >= 0.3 is 0 Å². The Labute approximate surface area is 144 Å². The first-order valence-corrected chi connectivity index (χ1v) is 8.18. The van der Waals surface area contributed by atoms with E-state index >= 15 is 0 Å². The molecule has 1 aliphatic heterocycles. The summed E-state index contributed by atoms with van der Waals surface area (Å²) in [6.45, 7) is 1.18. The maximum absolute atomic E-state index is 13.7. The predicted octanol–water partition coefficient (Wildman–Crippen LogP) is 2.71. The van der Waals surface area contributed by atoms with Gasteiger partial charge in [0.2, 0.25) is 5.91 Å². The van der Waals surface area contributed by atoms with Crippen LogP contribution in [0.25, 0.3) is 11.4 Å². The second-order valence-corrected chi connectivity index (χ2v) is 6.15. The molecule has 25 heavy (non-hydrogen) atoms. The number of likely N-dealkylation sites (tertiary alicyclic amines) is 1. The molecule has 0 atom stereocenters. The predicted molar refractivity (Wildman–Crippen MR) is 91.2 cm³/mol. The summed E-state index contributed by atoms with van der Waals surface area (Å²) in [6, 6.07) is 16.4. The molecule has 2 aromatic carbocycles. The molecule has 6 heteroatoms. The molecule has 1 fully saturated rings. The molecule has 1 aliphatic rings. The summed E-state index contributed by atoms with van der Waals surface area (Å²) in [5.74, 6) is 0.403. The van der Waals surface area contributed by atoms with Gasteiger partial charge in [-0.15, -0.1) is 10.2 Å². The molecule has 1 aromatic heterocycles. The first-order valence-electron chi connectivity index (χ1n) is 8.18. The minimum atomic E-state index is -0.335. The molecule has 3 aromatic rings. The van der Waals surface area contributed by atoms with Crippen molar-refractivity contribution in [1.29, 1.82) is 0 Å². The third kappa shape index (κ3) is 3.03. The maximum atomic E-state index is 13.7. The largest absolute Gasteiger partial charge is 0.338 e. The Bertz CT molecular complexity index is 887. The Morgan fingerprint density at radius 3 is 2.56 bits per heavy atom. The lowest BCUT2D eigenvalue weighted by atomic mass is 10.0. The van der Waals surface area contributed by atoms with Gasteiger partial charge in [-0.3, -0.25) is 4.79 Å². The molecule has 5 nitrogen and oxygen atoms in total. The third-order valence-electron chi connectivity index (χ3n) is 4.51. The van der Waals surface area contributed by atoms with Crippen molar-refractivity contribution in [3.63, 3.8) is 0 Å². The van der Waals surface area contributed by atoms with E-state index in [0.29, 0.717) is 18.7 Å². The topological polar surface area (TPSA) is 51.0 Å². The first kappa shape index (κ1) is 15.5. The number of hydrogen-bond donors (Lipinski definition) is 0. The van der Waals surface area contributed by atoms with Crippen molar-refractivity contribution in [1.82, 2.24) is 19.7 Å². The van der Waals surface area contributed by atoms with Crippen LogP contribution in [-0.2, 0) is 11.2 Å². The highest BCUT2D eigenvalue weighted by Crippen LogP contribution is 2.27. The minimum Gasteiger partial charge on any atom is -0.338 e.